The lowest BCUT2D eigenvalue weighted by molar-refractivity contribution is 0.0951. The molecule has 1 saturated carbocycles. The molecule has 0 aromatic heterocycles. The number of carbonyl (C=O) groups is 1. The van der Waals surface area contributed by atoms with E-state index in [0.717, 1.165) is 24.4 Å². The fraction of sp³-hybridized carbons (Fsp3) is 0.533. The summed E-state index contributed by atoms with van der Waals surface area (Å²) in [6, 6.07) is 7.50. The van der Waals surface area contributed by atoms with Crippen LogP contribution >= 0.6 is 11.6 Å². The highest BCUT2D eigenvalue weighted by atomic mass is 35.5. The minimum Gasteiger partial charge on any atom is -0.352 e. The highest BCUT2D eigenvalue weighted by Crippen LogP contribution is 2.26. The van der Waals surface area contributed by atoms with E-state index in [-0.39, 0.29) is 5.91 Å². The predicted octanol–water partition coefficient (Wildman–Crippen LogP) is 3.74. The van der Waals surface area contributed by atoms with Crippen LogP contribution in [0.4, 0.5) is 0 Å². The zero-order chi connectivity index (χ0) is 12.8. The SMILES string of the molecule is O=C(NCCC1CCCC1)c1cccc(CCl)c1. The number of benzene rings is 1. The quantitative estimate of drug-likeness (QED) is 0.808. The fourth-order valence-electron chi connectivity index (χ4n) is 2.59. The van der Waals surface area contributed by atoms with Crippen molar-refractivity contribution < 1.29 is 4.79 Å². The second-order valence-electron chi connectivity index (χ2n) is 5.03. The summed E-state index contributed by atoms with van der Waals surface area (Å²) in [6.45, 7) is 0.786. The molecule has 1 fully saturated rings. The van der Waals surface area contributed by atoms with Gasteiger partial charge >= 0.3 is 0 Å². The van der Waals surface area contributed by atoms with Gasteiger partial charge in [0.25, 0.3) is 5.91 Å². The molecule has 0 unspecified atom stereocenters. The summed E-state index contributed by atoms with van der Waals surface area (Å²) in [5.74, 6) is 1.28. The van der Waals surface area contributed by atoms with E-state index in [9.17, 15) is 4.79 Å². The summed E-state index contributed by atoms with van der Waals surface area (Å²) in [7, 11) is 0. The number of nitrogens with one attached hydrogen (secondary N) is 1. The van der Waals surface area contributed by atoms with E-state index in [0.29, 0.717) is 11.4 Å². The van der Waals surface area contributed by atoms with E-state index in [2.05, 4.69) is 5.32 Å². The summed E-state index contributed by atoms with van der Waals surface area (Å²) in [4.78, 5) is 11.9. The van der Waals surface area contributed by atoms with Crippen LogP contribution in [0.2, 0.25) is 0 Å². The summed E-state index contributed by atoms with van der Waals surface area (Å²) < 4.78 is 0. The third-order valence-corrected chi connectivity index (χ3v) is 3.96. The molecule has 1 aliphatic carbocycles. The summed E-state index contributed by atoms with van der Waals surface area (Å²) in [5, 5.41) is 3.00. The first-order chi connectivity index (χ1) is 8.79. The minimum absolute atomic E-state index is 0.0139. The summed E-state index contributed by atoms with van der Waals surface area (Å²) in [5.41, 5.74) is 1.69. The molecule has 2 rings (SSSR count). The first-order valence-corrected chi connectivity index (χ1v) is 7.26. The van der Waals surface area contributed by atoms with Gasteiger partial charge in [0.1, 0.15) is 0 Å². The van der Waals surface area contributed by atoms with Crippen LogP contribution in [0.1, 0.15) is 48.0 Å². The van der Waals surface area contributed by atoms with Crippen LogP contribution in [-0.2, 0) is 5.88 Å². The number of amides is 1. The van der Waals surface area contributed by atoms with Gasteiger partial charge in [0.2, 0.25) is 0 Å². The van der Waals surface area contributed by atoms with Gasteiger partial charge in [-0.2, -0.15) is 0 Å². The van der Waals surface area contributed by atoms with Gasteiger partial charge in [-0.3, -0.25) is 4.79 Å². The number of hydrogen-bond acceptors (Lipinski definition) is 1. The van der Waals surface area contributed by atoms with Gasteiger partial charge in [0, 0.05) is 18.0 Å². The lowest BCUT2D eigenvalue weighted by atomic mass is 10.0. The Bertz CT molecular complexity index is 399. The number of rotatable bonds is 5. The third kappa shape index (κ3) is 3.74. The standard InChI is InChI=1S/C15H20ClNO/c16-11-13-6-3-7-14(10-13)15(18)17-9-8-12-4-1-2-5-12/h3,6-7,10,12H,1-2,4-5,8-9,11H2,(H,17,18). The van der Waals surface area contributed by atoms with Gasteiger partial charge in [-0.1, -0.05) is 37.8 Å². The molecule has 2 nitrogen and oxygen atoms in total. The van der Waals surface area contributed by atoms with Crippen molar-refractivity contribution in [3.63, 3.8) is 0 Å². The Kier molecular flexibility index (Phi) is 5.06. The Labute approximate surface area is 114 Å². The first-order valence-electron chi connectivity index (χ1n) is 6.72. The second-order valence-corrected chi connectivity index (χ2v) is 5.30. The maximum atomic E-state index is 11.9. The van der Waals surface area contributed by atoms with E-state index in [1.54, 1.807) is 0 Å². The van der Waals surface area contributed by atoms with Gasteiger partial charge < -0.3 is 5.32 Å². The highest BCUT2D eigenvalue weighted by Gasteiger charge is 2.14. The van der Waals surface area contributed by atoms with Crippen molar-refractivity contribution >= 4 is 17.5 Å². The Hall–Kier alpha value is -1.02. The van der Waals surface area contributed by atoms with Gasteiger partial charge in [-0.25, -0.2) is 0 Å². The molecule has 1 amide bonds. The molecule has 1 aromatic rings. The van der Waals surface area contributed by atoms with Crippen LogP contribution in [0.3, 0.4) is 0 Å². The van der Waals surface area contributed by atoms with Gasteiger partial charge in [-0.05, 0) is 30.0 Å². The molecule has 0 bridgehead atoms. The van der Waals surface area contributed by atoms with Crippen molar-refractivity contribution in [2.75, 3.05) is 6.54 Å². The molecule has 0 saturated heterocycles. The second kappa shape index (κ2) is 6.79. The molecular formula is C15H20ClNO. The van der Waals surface area contributed by atoms with Crippen LogP contribution < -0.4 is 5.32 Å². The van der Waals surface area contributed by atoms with Crippen LogP contribution in [-0.4, -0.2) is 12.5 Å². The summed E-state index contributed by atoms with van der Waals surface area (Å²) >= 11 is 5.76. The fourth-order valence-corrected chi connectivity index (χ4v) is 2.75. The lowest BCUT2D eigenvalue weighted by Crippen LogP contribution is -2.25. The smallest absolute Gasteiger partial charge is 0.251 e. The minimum atomic E-state index is 0.0139. The number of hydrogen-bond donors (Lipinski definition) is 1. The topological polar surface area (TPSA) is 29.1 Å². The van der Waals surface area contributed by atoms with E-state index < -0.39 is 0 Å². The average Bonchev–Trinajstić information content (AvgIpc) is 2.92. The normalized spacial score (nSPS) is 15.8. The number of carbonyl (C=O) groups excluding carboxylic acids is 1. The van der Waals surface area contributed by atoms with Crippen molar-refractivity contribution in [1.29, 1.82) is 0 Å². The van der Waals surface area contributed by atoms with Crippen molar-refractivity contribution in [2.45, 2.75) is 38.0 Å². The molecule has 0 atom stereocenters. The van der Waals surface area contributed by atoms with Crippen LogP contribution in [0.5, 0.6) is 0 Å². The Morgan fingerprint density at radius 2 is 2.11 bits per heavy atom. The molecule has 0 spiro atoms. The maximum Gasteiger partial charge on any atom is 0.251 e. The zero-order valence-electron chi connectivity index (χ0n) is 10.6. The highest BCUT2D eigenvalue weighted by molar-refractivity contribution is 6.17. The van der Waals surface area contributed by atoms with Crippen molar-refractivity contribution in [1.82, 2.24) is 5.32 Å². The Morgan fingerprint density at radius 1 is 1.33 bits per heavy atom. The number of alkyl halides is 1. The molecule has 0 radical (unpaired) electrons. The Balaban J connectivity index is 1.79. The largest absolute Gasteiger partial charge is 0.352 e. The van der Waals surface area contributed by atoms with Crippen molar-refractivity contribution in [3.05, 3.63) is 35.4 Å². The molecule has 0 heterocycles. The maximum absolute atomic E-state index is 11.9. The molecule has 1 N–H and O–H groups in total. The van der Waals surface area contributed by atoms with Crippen LogP contribution in [0.25, 0.3) is 0 Å². The monoisotopic (exact) mass is 265 g/mol. The van der Waals surface area contributed by atoms with Crippen molar-refractivity contribution in [3.8, 4) is 0 Å². The third-order valence-electron chi connectivity index (χ3n) is 3.66. The molecule has 1 aliphatic rings. The molecule has 1 aromatic carbocycles. The van der Waals surface area contributed by atoms with Gasteiger partial charge in [-0.15, -0.1) is 11.6 Å². The van der Waals surface area contributed by atoms with E-state index in [4.69, 9.17) is 11.6 Å². The molecular weight excluding hydrogens is 246 g/mol. The van der Waals surface area contributed by atoms with Crippen molar-refractivity contribution in [2.24, 2.45) is 5.92 Å². The molecule has 98 valence electrons. The average molecular weight is 266 g/mol. The van der Waals surface area contributed by atoms with E-state index in [1.807, 2.05) is 24.3 Å². The zero-order valence-corrected chi connectivity index (χ0v) is 11.4. The van der Waals surface area contributed by atoms with Gasteiger partial charge in [0.05, 0.1) is 0 Å². The van der Waals surface area contributed by atoms with Gasteiger partial charge in [0.15, 0.2) is 0 Å². The van der Waals surface area contributed by atoms with Crippen LogP contribution in [0.15, 0.2) is 24.3 Å². The summed E-state index contributed by atoms with van der Waals surface area (Å²) in [6.07, 6.45) is 6.49. The molecule has 0 aliphatic heterocycles. The number of halogens is 1. The lowest BCUT2D eigenvalue weighted by Gasteiger charge is -2.10. The molecule has 18 heavy (non-hydrogen) atoms. The van der Waals surface area contributed by atoms with Crippen LogP contribution in [0, 0.1) is 5.92 Å². The predicted molar refractivity (Wildman–Crippen MR) is 74.9 cm³/mol. The van der Waals surface area contributed by atoms with E-state index in [1.165, 1.54) is 25.7 Å². The Morgan fingerprint density at radius 3 is 2.83 bits per heavy atom. The van der Waals surface area contributed by atoms with E-state index >= 15 is 0 Å². The molecule has 3 heteroatoms. The first kappa shape index (κ1) is 13.4.